The molecule has 0 radical (unpaired) electrons. The van der Waals surface area contributed by atoms with Crippen molar-refractivity contribution in [2.75, 3.05) is 0 Å². The molecule has 0 aromatic carbocycles. The van der Waals surface area contributed by atoms with Crippen LogP contribution in [0.4, 0.5) is 0 Å². The number of carbonyl (C=O) groups excluding carboxylic acids is 1. The second kappa shape index (κ2) is 6.95. The second-order valence-electron chi connectivity index (χ2n) is 6.04. The molecule has 2 N–H and O–H groups in total. The van der Waals surface area contributed by atoms with Crippen molar-refractivity contribution in [2.45, 2.75) is 60.2 Å². The molecule has 0 saturated heterocycles. The molecule has 0 bridgehead atoms. The molecule has 7 heteroatoms. The van der Waals surface area contributed by atoms with Gasteiger partial charge in [-0.15, -0.1) is 0 Å². The summed E-state index contributed by atoms with van der Waals surface area (Å²) < 4.78 is 10.4. The van der Waals surface area contributed by atoms with Gasteiger partial charge in [-0.1, -0.05) is 10.3 Å². The van der Waals surface area contributed by atoms with Gasteiger partial charge in [-0.2, -0.15) is 0 Å². The van der Waals surface area contributed by atoms with Crippen LogP contribution in [0, 0.1) is 27.7 Å². The minimum Gasteiger partial charge on any atom is -0.361 e. The largest absolute Gasteiger partial charge is 0.361 e. The van der Waals surface area contributed by atoms with E-state index in [2.05, 4.69) is 10.3 Å². The summed E-state index contributed by atoms with van der Waals surface area (Å²) in [4.78, 5) is 14.3. The molecular formula is C16H24N4O3. The summed E-state index contributed by atoms with van der Waals surface area (Å²) in [7, 11) is 0. The molecule has 0 aliphatic carbocycles. The van der Waals surface area contributed by atoms with Gasteiger partial charge in [0.2, 0.25) is 5.91 Å². The highest BCUT2D eigenvalue weighted by molar-refractivity contribution is 5.76. The number of aromatic nitrogens is 2. The first-order chi connectivity index (χ1) is 10.8. The molecule has 0 spiro atoms. The molecular weight excluding hydrogens is 296 g/mol. The average molecular weight is 320 g/mol. The Balaban J connectivity index is 2.26. The van der Waals surface area contributed by atoms with Gasteiger partial charge >= 0.3 is 0 Å². The van der Waals surface area contributed by atoms with Crippen LogP contribution in [0.5, 0.6) is 0 Å². The van der Waals surface area contributed by atoms with Gasteiger partial charge in [0.1, 0.15) is 11.5 Å². The normalized spacial score (nSPS) is 12.4. The van der Waals surface area contributed by atoms with Crippen molar-refractivity contribution < 1.29 is 13.8 Å². The van der Waals surface area contributed by atoms with E-state index in [1.54, 1.807) is 4.90 Å². The van der Waals surface area contributed by atoms with Crippen molar-refractivity contribution in [3.8, 4) is 0 Å². The molecule has 2 aromatic rings. The summed E-state index contributed by atoms with van der Waals surface area (Å²) >= 11 is 0. The maximum Gasteiger partial charge on any atom is 0.224 e. The lowest BCUT2D eigenvalue weighted by Crippen LogP contribution is -2.34. The van der Waals surface area contributed by atoms with Crippen LogP contribution in [0.25, 0.3) is 0 Å². The maximum atomic E-state index is 12.6. The second-order valence-corrected chi connectivity index (χ2v) is 6.04. The van der Waals surface area contributed by atoms with Crippen LogP contribution in [0.2, 0.25) is 0 Å². The zero-order valence-corrected chi connectivity index (χ0v) is 14.3. The third-order valence-corrected chi connectivity index (χ3v) is 3.91. The minimum atomic E-state index is -0.195. The van der Waals surface area contributed by atoms with Crippen molar-refractivity contribution in [2.24, 2.45) is 5.73 Å². The summed E-state index contributed by atoms with van der Waals surface area (Å²) in [6.07, 6.45) is 0.284. The van der Waals surface area contributed by atoms with Gasteiger partial charge < -0.3 is 19.7 Å². The lowest BCUT2D eigenvalue weighted by atomic mass is 10.1. The van der Waals surface area contributed by atoms with Crippen LogP contribution < -0.4 is 5.73 Å². The fraction of sp³-hybridized carbons (Fsp3) is 0.562. The summed E-state index contributed by atoms with van der Waals surface area (Å²) in [6.45, 7) is 10.1. The Morgan fingerprint density at radius 3 is 1.78 bits per heavy atom. The Kier molecular flexibility index (Phi) is 5.20. The Morgan fingerprint density at radius 2 is 1.48 bits per heavy atom. The Labute approximate surface area is 135 Å². The number of carbonyl (C=O) groups is 1. The Hall–Kier alpha value is -2.15. The number of aryl methyl sites for hydroxylation is 4. The van der Waals surface area contributed by atoms with Gasteiger partial charge in [-0.3, -0.25) is 4.79 Å². The number of hydrogen-bond donors (Lipinski definition) is 1. The van der Waals surface area contributed by atoms with Crippen LogP contribution in [-0.4, -0.2) is 27.2 Å². The number of nitrogens with zero attached hydrogens (tertiary/aromatic N) is 3. The highest BCUT2D eigenvalue weighted by atomic mass is 16.5. The molecule has 0 aliphatic rings. The Bertz CT molecular complexity index is 600. The average Bonchev–Trinajstić information content (AvgIpc) is 2.95. The van der Waals surface area contributed by atoms with Crippen molar-refractivity contribution in [3.63, 3.8) is 0 Å². The molecule has 2 rings (SSSR count). The SMILES string of the molecule is Cc1noc(C)c1CN(Cc1c(C)noc1C)C(=O)CC(C)N. The smallest absolute Gasteiger partial charge is 0.224 e. The van der Waals surface area contributed by atoms with Gasteiger partial charge in [-0.25, -0.2) is 0 Å². The lowest BCUT2D eigenvalue weighted by molar-refractivity contribution is -0.132. The molecule has 1 unspecified atom stereocenters. The number of rotatable bonds is 6. The minimum absolute atomic E-state index is 0.0139. The molecule has 2 heterocycles. The van der Waals surface area contributed by atoms with Crippen molar-refractivity contribution >= 4 is 5.91 Å². The van der Waals surface area contributed by atoms with Gasteiger partial charge in [0.25, 0.3) is 0 Å². The van der Waals surface area contributed by atoms with Gasteiger partial charge in [0, 0.05) is 23.6 Å². The first kappa shape index (κ1) is 17.2. The quantitative estimate of drug-likeness (QED) is 0.875. The van der Waals surface area contributed by atoms with Crippen LogP contribution in [-0.2, 0) is 17.9 Å². The van der Waals surface area contributed by atoms with Crippen molar-refractivity contribution in [1.82, 2.24) is 15.2 Å². The van der Waals surface area contributed by atoms with Crippen LogP contribution in [0.15, 0.2) is 9.05 Å². The van der Waals surface area contributed by atoms with Gasteiger partial charge in [-0.05, 0) is 34.6 Å². The van der Waals surface area contributed by atoms with E-state index < -0.39 is 0 Å². The number of hydrogen-bond acceptors (Lipinski definition) is 6. The van der Waals surface area contributed by atoms with Gasteiger partial charge in [0.05, 0.1) is 24.5 Å². The molecule has 23 heavy (non-hydrogen) atoms. The lowest BCUT2D eigenvalue weighted by Gasteiger charge is -2.23. The summed E-state index contributed by atoms with van der Waals surface area (Å²) in [6, 6.07) is -0.195. The van der Waals surface area contributed by atoms with E-state index in [4.69, 9.17) is 14.8 Å². The number of amides is 1. The van der Waals surface area contributed by atoms with E-state index in [0.717, 1.165) is 34.0 Å². The fourth-order valence-electron chi connectivity index (χ4n) is 2.47. The monoisotopic (exact) mass is 320 g/mol. The van der Waals surface area contributed by atoms with Crippen LogP contribution >= 0.6 is 0 Å². The molecule has 0 aliphatic heterocycles. The first-order valence-corrected chi connectivity index (χ1v) is 7.66. The van der Waals surface area contributed by atoms with E-state index >= 15 is 0 Å². The summed E-state index contributed by atoms with van der Waals surface area (Å²) in [5, 5.41) is 7.91. The predicted octanol–water partition coefficient (Wildman–Crippen LogP) is 2.16. The standard InChI is InChI=1S/C16H24N4O3/c1-9(17)6-16(21)20(7-14-10(2)18-22-12(14)4)8-15-11(3)19-23-13(15)5/h9H,6-8,17H2,1-5H3. The fourth-order valence-corrected chi connectivity index (χ4v) is 2.47. The molecule has 0 saturated carbocycles. The third kappa shape index (κ3) is 3.98. The molecule has 1 amide bonds. The zero-order valence-electron chi connectivity index (χ0n) is 14.3. The Morgan fingerprint density at radius 1 is 1.04 bits per heavy atom. The van der Waals surface area contributed by atoms with E-state index in [1.165, 1.54) is 0 Å². The summed E-state index contributed by atoms with van der Waals surface area (Å²) in [5.74, 6) is 1.43. The van der Waals surface area contributed by atoms with E-state index in [9.17, 15) is 4.79 Å². The van der Waals surface area contributed by atoms with E-state index in [-0.39, 0.29) is 18.4 Å². The van der Waals surface area contributed by atoms with Gasteiger partial charge in [0.15, 0.2) is 0 Å². The van der Waals surface area contributed by atoms with Crippen LogP contribution in [0.3, 0.4) is 0 Å². The highest BCUT2D eigenvalue weighted by Gasteiger charge is 2.22. The van der Waals surface area contributed by atoms with Crippen molar-refractivity contribution in [1.29, 1.82) is 0 Å². The third-order valence-electron chi connectivity index (χ3n) is 3.91. The predicted molar refractivity (Wildman–Crippen MR) is 84.5 cm³/mol. The zero-order chi connectivity index (χ0) is 17.1. The maximum absolute atomic E-state index is 12.6. The first-order valence-electron chi connectivity index (χ1n) is 7.66. The summed E-state index contributed by atoms with van der Waals surface area (Å²) in [5.41, 5.74) is 9.22. The molecule has 0 fully saturated rings. The van der Waals surface area contributed by atoms with E-state index in [1.807, 2.05) is 34.6 Å². The van der Waals surface area contributed by atoms with Crippen molar-refractivity contribution in [3.05, 3.63) is 34.0 Å². The van der Waals surface area contributed by atoms with E-state index in [0.29, 0.717) is 13.1 Å². The highest BCUT2D eigenvalue weighted by Crippen LogP contribution is 2.20. The number of nitrogens with two attached hydrogens (primary N) is 1. The molecule has 126 valence electrons. The van der Waals surface area contributed by atoms with Crippen LogP contribution in [0.1, 0.15) is 47.4 Å². The topological polar surface area (TPSA) is 98.4 Å². The molecule has 1 atom stereocenters. The molecule has 7 nitrogen and oxygen atoms in total. The molecule has 2 aromatic heterocycles.